The van der Waals surface area contributed by atoms with E-state index in [1.807, 2.05) is 0 Å². The predicted molar refractivity (Wildman–Crippen MR) is 112 cm³/mol. The maximum Gasteiger partial charge on any atom is 0.282 e. The molecule has 10 heteroatoms. The first-order chi connectivity index (χ1) is 14.4. The molecule has 0 fully saturated rings. The van der Waals surface area contributed by atoms with Crippen LogP contribution in [-0.4, -0.2) is 20.8 Å². The van der Waals surface area contributed by atoms with Crippen LogP contribution in [0.2, 0.25) is 5.02 Å². The summed E-state index contributed by atoms with van der Waals surface area (Å²) >= 11 is 7.11. The fraction of sp³-hybridized carbons (Fsp3) is 0.0500. The second kappa shape index (κ2) is 8.13. The maximum absolute atomic E-state index is 13.6. The third-order valence-corrected chi connectivity index (χ3v) is 5.54. The number of carbonyl (C=O) groups is 1. The number of rotatable bonds is 5. The molecule has 0 radical (unpaired) electrons. The van der Waals surface area contributed by atoms with Crippen LogP contribution in [0.3, 0.4) is 0 Å². The fourth-order valence-corrected chi connectivity index (χ4v) is 4.05. The lowest BCUT2D eigenvalue weighted by molar-refractivity contribution is -0.385. The van der Waals surface area contributed by atoms with Gasteiger partial charge in [-0.2, -0.15) is 0 Å². The minimum absolute atomic E-state index is 0.0681. The number of thiazole rings is 1. The molecule has 0 aliphatic rings. The van der Waals surface area contributed by atoms with Crippen molar-refractivity contribution in [3.8, 4) is 0 Å². The van der Waals surface area contributed by atoms with Crippen molar-refractivity contribution in [1.82, 2.24) is 9.97 Å². The van der Waals surface area contributed by atoms with Crippen LogP contribution in [-0.2, 0) is 6.54 Å². The zero-order chi connectivity index (χ0) is 21.3. The summed E-state index contributed by atoms with van der Waals surface area (Å²) in [4.78, 5) is 34.0. The van der Waals surface area contributed by atoms with Gasteiger partial charge in [-0.3, -0.25) is 24.8 Å². The topological polar surface area (TPSA) is 89.2 Å². The highest BCUT2D eigenvalue weighted by Gasteiger charge is 2.28. The summed E-state index contributed by atoms with van der Waals surface area (Å²) in [5.74, 6) is -1.07. The van der Waals surface area contributed by atoms with Crippen LogP contribution >= 0.6 is 22.9 Å². The van der Waals surface area contributed by atoms with Crippen LogP contribution < -0.4 is 4.90 Å². The van der Waals surface area contributed by atoms with Crippen molar-refractivity contribution in [1.29, 1.82) is 0 Å². The molecule has 2 heterocycles. The monoisotopic (exact) mass is 442 g/mol. The SMILES string of the molecule is O=C(c1cc(Cl)ccc1[N+](=O)[O-])N(Cc1cccnc1)c1nc2ccc(F)cc2s1. The molecule has 0 bridgehead atoms. The molecule has 7 nitrogen and oxygen atoms in total. The van der Waals surface area contributed by atoms with Gasteiger partial charge in [-0.25, -0.2) is 9.37 Å². The van der Waals surface area contributed by atoms with Crippen molar-refractivity contribution in [2.45, 2.75) is 6.54 Å². The summed E-state index contributed by atoms with van der Waals surface area (Å²) in [6.45, 7) is 0.0681. The maximum atomic E-state index is 13.6. The molecule has 0 spiro atoms. The standard InChI is InChI=1S/C20H12ClFN4O3S/c21-13-3-6-17(26(28)29)15(8-13)19(27)25(11-12-2-1-7-23-10-12)20-24-16-5-4-14(22)9-18(16)30-20/h1-10H,11H2. The smallest absolute Gasteiger partial charge is 0.279 e. The number of nitrogens with zero attached hydrogens (tertiary/aromatic N) is 4. The van der Waals surface area contributed by atoms with Gasteiger partial charge in [0.05, 0.1) is 21.7 Å². The van der Waals surface area contributed by atoms with Crippen LogP contribution in [0, 0.1) is 15.9 Å². The van der Waals surface area contributed by atoms with Crippen LogP contribution in [0.4, 0.5) is 15.2 Å². The lowest BCUT2D eigenvalue weighted by Crippen LogP contribution is -2.31. The summed E-state index contributed by atoms with van der Waals surface area (Å²) in [6, 6.07) is 11.4. The Hall–Kier alpha value is -3.43. The number of benzene rings is 2. The van der Waals surface area contributed by atoms with E-state index in [4.69, 9.17) is 11.6 Å². The molecular weight excluding hydrogens is 431 g/mol. The number of hydrogen-bond acceptors (Lipinski definition) is 6. The number of pyridine rings is 1. The number of hydrogen-bond donors (Lipinski definition) is 0. The van der Waals surface area contributed by atoms with E-state index >= 15 is 0 Å². The van der Waals surface area contributed by atoms with Crippen molar-refractivity contribution < 1.29 is 14.1 Å². The van der Waals surface area contributed by atoms with Gasteiger partial charge in [0.2, 0.25) is 0 Å². The molecule has 0 N–H and O–H groups in total. The largest absolute Gasteiger partial charge is 0.282 e. The second-order valence-corrected chi connectivity index (χ2v) is 7.73. The minimum atomic E-state index is -0.646. The Labute approximate surface area is 178 Å². The molecule has 0 saturated carbocycles. The van der Waals surface area contributed by atoms with Gasteiger partial charge < -0.3 is 0 Å². The van der Waals surface area contributed by atoms with Gasteiger partial charge in [0.15, 0.2) is 5.13 Å². The molecule has 0 saturated heterocycles. The molecule has 0 unspecified atom stereocenters. The Morgan fingerprint density at radius 2 is 2.07 bits per heavy atom. The highest BCUT2D eigenvalue weighted by molar-refractivity contribution is 7.22. The normalized spacial score (nSPS) is 10.9. The van der Waals surface area contributed by atoms with Gasteiger partial charge in [-0.05, 0) is 42.0 Å². The zero-order valence-electron chi connectivity index (χ0n) is 15.2. The molecule has 2 aromatic heterocycles. The van der Waals surface area contributed by atoms with Crippen LogP contribution in [0.5, 0.6) is 0 Å². The molecular formula is C20H12ClFN4O3S. The van der Waals surface area contributed by atoms with Gasteiger partial charge in [0.25, 0.3) is 11.6 Å². The first-order valence-electron chi connectivity index (χ1n) is 8.63. The van der Waals surface area contributed by atoms with E-state index in [1.165, 1.54) is 41.3 Å². The van der Waals surface area contributed by atoms with Crippen LogP contribution in [0.15, 0.2) is 60.9 Å². The second-order valence-electron chi connectivity index (χ2n) is 6.28. The Morgan fingerprint density at radius 3 is 2.80 bits per heavy atom. The van der Waals surface area contributed by atoms with Crippen LogP contribution in [0.1, 0.15) is 15.9 Å². The minimum Gasteiger partial charge on any atom is -0.279 e. The first kappa shape index (κ1) is 19.9. The van der Waals surface area contributed by atoms with Gasteiger partial charge >= 0.3 is 0 Å². The molecule has 4 rings (SSSR count). The Kier molecular flexibility index (Phi) is 5.39. The Morgan fingerprint density at radius 1 is 1.23 bits per heavy atom. The van der Waals surface area contributed by atoms with E-state index < -0.39 is 16.6 Å². The summed E-state index contributed by atoms with van der Waals surface area (Å²) < 4.78 is 14.2. The number of nitro groups is 1. The molecule has 150 valence electrons. The lowest BCUT2D eigenvalue weighted by Gasteiger charge is -2.20. The summed E-state index contributed by atoms with van der Waals surface area (Å²) in [7, 11) is 0. The van der Waals surface area contributed by atoms with E-state index in [1.54, 1.807) is 24.5 Å². The highest BCUT2D eigenvalue weighted by Crippen LogP contribution is 2.33. The van der Waals surface area contributed by atoms with Gasteiger partial charge in [-0.15, -0.1) is 0 Å². The number of amides is 1. The molecule has 0 atom stereocenters. The predicted octanol–water partition coefficient (Wildman–Crippen LogP) is 5.24. The van der Waals surface area contributed by atoms with Crippen molar-refractivity contribution in [3.63, 3.8) is 0 Å². The molecule has 4 aromatic rings. The first-order valence-corrected chi connectivity index (χ1v) is 9.82. The number of fused-ring (bicyclic) bond motifs is 1. The van der Waals surface area contributed by atoms with Crippen molar-refractivity contribution in [3.05, 3.63) is 93.0 Å². The zero-order valence-corrected chi connectivity index (χ0v) is 16.7. The molecule has 1 amide bonds. The van der Waals surface area contributed by atoms with Crippen molar-refractivity contribution in [2.75, 3.05) is 4.90 Å². The number of halogens is 2. The molecule has 30 heavy (non-hydrogen) atoms. The van der Waals surface area contributed by atoms with E-state index in [2.05, 4.69) is 9.97 Å². The van der Waals surface area contributed by atoms with E-state index in [0.29, 0.717) is 15.8 Å². The Balaban J connectivity index is 1.83. The third kappa shape index (κ3) is 3.98. The van der Waals surface area contributed by atoms with Gasteiger partial charge in [0, 0.05) is 23.5 Å². The quantitative estimate of drug-likeness (QED) is 0.311. The third-order valence-electron chi connectivity index (χ3n) is 4.26. The van der Waals surface area contributed by atoms with Crippen molar-refractivity contribution >= 4 is 49.9 Å². The lowest BCUT2D eigenvalue weighted by atomic mass is 10.1. The summed E-state index contributed by atoms with van der Waals surface area (Å²) in [5, 5.41) is 11.9. The van der Waals surface area contributed by atoms with E-state index in [0.717, 1.165) is 11.3 Å². The number of aromatic nitrogens is 2. The number of anilines is 1. The summed E-state index contributed by atoms with van der Waals surface area (Å²) in [5.41, 5.74) is 0.677. The fourth-order valence-electron chi connectivity index (χ4n) is 2.89. The molecule has 0 aliphatic heterocycles. The average Bonchev–Trinajstić information content (AvgIpc) is 3.14. The van der Waals surface area contributed by atoms with Crippen LogP contribution in [0.25, 0.3) is 10.2 Å². The van der Waals surface area contributed by atoms with E-state index in [9.17, 15) is 19.3 Å². The highest BCUT2D eigenvalue weighted by atomic mass is 35.5. The molecule has 0 aliphatic carbocycles. The molecule has 2 aromatic carbocycles. The number of carbonyl (C=O) groups excluding carboxylic acids is 1. The number of nitro benzene ring substituents is 1. The summed E-state index contributed by atoms with van der Waals surface area (Å²) in [6.07, 6.45) is 3.18. The van der Waals surface area contributed by atoms with Gasteiger partial charge in [0.1, 0.15) is 11.4 Å². The Bertz CT molecular complexity index is 1270. The van der Waals surface area contributed by atoms with Crippen molar-refractivity contribution in [2.24, 2.45) is 0 Å². The average molecular weight is 443 g/mol. The van der Waals surface area contributed by atoms with E-state index in [-0.39, 0.29) is 27.9 Å². The van der Waals surface area contributed by atoms with Gasteiger partial charge in [-0.1, -0.05) is 29.0 Å².